The van der Waals surface area contributed by atoms with Crippen molar-refractivity contribution in [2.75, 3.05) is 13.7 Å². The molecule has 114 valence electrons. The number of para-hydroxylation sites is 2. The Kier molecular flexibility index (Phi) is 4.20. The lowest BCUT2D eigenvalue weighted by atomic mass is 10.2. The Labute approximate surface area is 134 Å². The standard InChI is InChI=1S/C17H16ClNO3/c1-19(10-12-6-2-3-7-13(12)18)17(20)16-11-21-14-8-4-5-9-15(14)22-16/h2-9,16H,10-11H2,1H3/t16-/m1/s1. The highest BCUT2D eigenvalue weighted by Crippen LogP contribution is 2.31. The summed E-state index contributed by atoms with van der Waals surface area (Å²) >= 11 is 6.13. The molecule has 5 heteroatoms. The zero-order valence-corrected chi connectivity index (χ0v) is 12.9. The van der Waals surface area contributed by atoms with Gasteiger partial charge in [-0.15, -0.1) is 0 Å². The number of amides is 1. The van der Waals surface area contributed by atoms with E-state index in [0.717, 1.165) is 5.56 Å². The third kappa shape index (κ3) is 3.02. The molecule has 4 nitrogen and oxygen atoms in total. The molecule has 0 radical (unpaired) electrons. The molecular formula is C17H16ClNO3. The zero-order valence-electron chi connectivity index (χ0n) is 12.2. The average Bonchev–Trinajstić information content (AvgIpc) is 2.55. The maximum atomic E-state index is 12.5. The summed E-state index contributed by atoms with van der Waals surface area (Å²) in [5.74, 6) is 1.13. The van der Waals surface area contributed by atoms with Crippen LogP contribution < -0.4 is 9.47 Å². The summed E-state index contributed by atoms with van der Waals surface area (Å²) < 4.78 is 11.3. The molecule has 0 unspecified atom stereocenters. The van der Waals surface area contributed by atoms with Gasteiger partial charge < -0.3 is 14.4 Å². The topological polar surface area (TPSA) is 38.8 Å². The summed E-state index contributed by atoms with van der Waals surface area (Å²) in [6.45, 7) is 0.642. The van der Waals surface area contributed by atoms with Crippen molar-refractivity contribution in [1.29, 1.82) is 0 Å². The fourth-order valence-electron chi connectivity index (χ4n) is 2.35. The van der Waals surface area contributed by atoms with Crippen molar-refractivity contribution in [2.24, 2.45) is 0 Å². The first kappa shape index (κ1) is 14.7. The predicted octanol–water partition coefficient (Wildman–Crippen LogP) is 3.14. The van der Waals surface area contributed by atoms with E-state index in [4.69, 9.17) is 21.1 Å². The van der Waals surface area contributed by atoms with Crippen molar-refractivity contribution in [3.05, 3.63) is 59.1 Å². The minimum atomic E-state index is -0.637. The molecule has 22 heavy (non-hydrogen) atoms. The molecule has 1 atom stereocenters. The molecule has 0 saturated carbocycles. The number of fused-ring (bicyclic) bond motifs is 1. The van der Waals surface area contributed by atoms with Crippen LogP contribution in [0.25, 0.3) is 0 Å². The summed E-state index contributed by atoms with van der Waals surface area (Å²) in [7, 11) is 1.73. The van der Waals surface area contributed by atoms with Crippen LogP contribution in [-0.2, 0) is 11.3 Å². The van der Waals surface area contributed by atoms with Gasteiger partial charge in [-0.05, 0) is 23.8 Å². The second-order valence-corrected chi connectivity index (χ2v) is 5.56. The maximum absolute atomic E-state index is 12.5. The van der Waals surface area contributed by atoms with E-state index >= 15 is 0 Å². The van der Waals surface area contributed by atoms with Gasteiger partial charge in [-0.25, -0.2) is 0 Å². The largest absolute Gasteiger partial charge is 0.485 e. The molecule has 0 N–H and O–H groups in total. The SMILES string of the molecule is CN(Cc1ccccc1Cl)C(=O)[C@H]1COc2ccccc2O1. The van der Waals surface area contributed by atoms with Crippen LogP contribution in [0.2, 0.25) is 5.02 Å². The van der Waals surface area contributed by atoms with Crippen LogP contribution in [0.15, 0.2) is 48.5 Å². The summed E-state index contributed by atoms with van der Waals surface area (Å²) in [4.78, 5) is 14.1. The van der Waals surface area contributed by atoms with Gasteiger partial charge in [0.15, 0.2) is 11.5 Å². The molecular weight excluding hydrogens is 302 g/mol. The number of ether oxygens (including phenoxy) is 2. The minimum absolute atomic E-state index is 0.130. The molecule has 2 aromatic carbocycles. The van der Waals surface area contributed by atoms with Gasteiger partial charge in [0.25, 0.3) is 5.91 Å². The maximum Gasteiger partial charge on any atom is 0.267 e. The lowest BCUT2D eigenvalue weighted by Crippen LogP contribution is -2.44. The summed E-state index contributed by atoms with van der Waals surface area (Å²) in [6.07, 6.45) is -0.637. The smallest absolute Gasteiger partial charge is 0.267 e. The Hall–Kier alpha value is -2.20. The average molecular weight is 318 g/mol. The molecule has 1 aliphatic rings. The molecule has 0 fully saturated rings. The van der Waals surface area contributed by atoms with E-state index in [-0.39, 0.29) is 12.5 Å². The Morgan fingerprint density at radius 1 is 1.18 bits per heavy atom. The van der Waals surface area contributed by atoms with Crippen LogP contribution in [0.3, 0.4) is 0 Å². The van der Waals surface area contributed by atoms with Crippen LogP contribution in [0, 0.1) is 0 Å². The fourth-order valence-corrected chi connectivity index (χ4v) is 2.54. The van der Waals surface area contributed by atoms with Gasteiger partial charge in [-0.2, -0.15) is 0 Å². The minimum Gasteiger partial charge on any atom is -0.485 e. The van der Waals surface area contributed by atoms with Crippen molar-refractivity contribution in [3.8, 4) is 11.5 Å². The van der Waals surface area contributed by atoms with E-state index < -0.39 is 6.10 Å². The number of carbonyl (C=O) groups excluding carboxylic acids is 1. The number of carbonyl (C=O) groups is 1. The van der Waals surface area contributed by atoms with Gasteiger partial charge in [0.1, 0.15) is 6.61 Å². The number of halogens is 1. The highest BCUT2D eigenvalue weighted by Gasteiger charge is 2.29. The van der Waals surface area contributed by atoms with Gasteiger partial charge in [0.05, 0.1) is 0 Å². The normalized spacial score (nSPS) is 16.2. The van der Waals surface area contributed by atoms with Gasteiger partial charge >= 0.3 is 0 Å². The molecule has 1 heterocycles. The fraction of sp³-hybridized carbons (Fsp3) is 0.235. The van der Waals surface area contributed by atoms with Crippen LogP contribution in [-0.4, -0.2) is 30.6 Å². The van der Waals surface area contributed by atoms with E-state index in [1.165, 1.54) is 0 Å². The first-order valence-corrected chi connectivity index (χ1v) is 7.40. The third-order valence-electron chi connectivity index (χ3n) is 3.53. The summed E-state index contributed by atoms with van der Waals surface area (Å²) in [5.41, 5.74) is 0.900. The number of rotatable bonds is 3. The second kappa shape index (κ2) is 6.28. The first-order chi connectivity index (χ1) is 10.6. The third-order valence-corrected chi connectivity index (χ3v) is 3.89. The van der Waals surface area contributed by atoms with Crippen LogP contribution in [0.1, 0.15) is 5.56 Å². The van der Waals surface area contributed by atoms with Crippen molar-refractivity contribution in [3.63, 3.8) is 0 Å². The molecule has 0 aromatic heterocycles. The monoisotopic (exact) mass is 317 g/mol. The Morgan fingerprint density at radius 3 is 2.64 bits per heavy atom. The van der Waals surface area contributed by atoms with Crippen molar-refractivity contribution >= 4 is 17.5 Å². The van der Waals surface area contributed by atoms with E-state index in [1.807, 2.05) is 42.5 Å². The predicted molar refractivity (Wildman–Crippen MR) is 84.3 cm³/mol. The number of likely N-dealkylation sites (N-methyl/N-ethyl adjacent to an activating group) is 1. The highest BCUT2D eigenvalue weighted by molar-refractivity contribution is 6.31. The highest BCUT2D eigenvalue weighted by atomic mass is 35.5. The second-order valence-electron chi connectivity index (χ2n) is 5.15. The molecule has 0 aliphatic carbocycles. The Bertz CT molecular complexity index is 689. The summed E-state index contributed by atoms with van der Waals surface area (Å²) in [6, 6.07) is 14.8. The number of hydrogen-bond acceptors (Lipinski definition) is 3. The molecule has 0 saturated heterocycles. The molecule has 1 aliphatic heterocycles. The zero-order chi connectivity index (χ0) is 15.5. The number of hydrogen-bond donors (Lipinski definition) is 0. The first-order valence-electron chi connectivity index (χ1n) is 7.02. The van der Waals surface area contributed by atoms with E-state index in [0.29, 0.717) is 23.1 Å². The van der Waals surface area contributed by atoms with Gasteiger partial charge in [-0.1, -0.05) is 41.9 Å². The number of benzene rings is 2. The van der Waals surface area contributed by atoms with Crippen LogP contribution in [0.5, 0.6) is 11.5 Å². The molecule has 2 aromatic rings. The lowest BCUT2D eigenvalue weighted by molar-refractivity contribution is -0.140. The molecule has 1 amide bonds. The molecule has 0 spiro atoms. The Balaban J connectivity index is 1.68. The lowest BCUT2D eigenvalue weighted by Gasteiger charge is -2.29. The van der Waals surface area contributed by atoms with E-state index in [9.17, 15) is 4.79 Å². The van der Waals surface area contributed by atoms with Gasteiger partial charge in [0, 0.05) is 18.6 Å². The van der Waals surface area contributed by atoms with Crippen LogP contribution in [0.4, 0.5) is 0 Å². The van der Waals surface area contributed by atoms with E-state index in [2.05, 4.69) is 0 Å². The molecule has 0 bridgehead atoms. The van der Waals surface area contributed by atoms with Gasteiger partial charge in [0.2, 0.25) is 6.10 Å². The number of nitrogens with zero attached hydrogens (tertiary/aromatic N) is 1. The quantitative estimate of drug-likeness (QED) is 0.873. The van der Waals surface area contributed by atoms with Crippen molar-refractivity contribution in [2.45, 2.75) is 12.6 Å². The van der Waals surface area contributed by atoms with E-state index in [1.54, 1.807) is 18.0 Å². The van der Waals surface area contributed by atoms with Crippen LogP contribution >= 0.6 is 11.6 Å². The summed E-state index contributed by atoms with van der Waals surface area (Å²) in [5, 5.41) is 0.647. The van der Waals surface area contributed by atoms with Crippen molar-refractivity contribution < 1.29 is 14.3 Å². The van der Waals surface area contributed by atoms with Gasteiger partial charge in [-0.3, -0.25) is 4.79 Å². The Morgan fingerprint density at radius 2 is 1.86 bits per heavy atom. The molecule has 3 rings (SSSR count). The van der Waals surface area contributed by atoms with Crippen molar-refractivity contribution in [1.82, 2.24) is 4.90 Å².